The highest BCUT2D eigenvalue weighted by atomic mass is 35.5. The predicted octanol–water partition coefficient (Wildman–Crippen LogP) is 6.63. The number of methoxy groups -OCH3 is 1. The largest absolute Gasteiger partial charge is 0.480 e. The number of hydrogen-bond donors (Lipinski definition) is 2. The molecule has 0 aliphatic heterocycles. The van der Waals surface area contributed by atoms with E-state index in [2.05, 4.69) is 13.8 Å². The van der Waals surface area contributed by atoms with Crippen LogP contribution in [0.15, 0.2) is 0 Å². The highest BCUT2D eigenvalue weighted by molar-refractivity contribution is 5.85. The maximum Gasteiger partial charge on any atom is 0.325 e. The zero-order chi connectivity index (χ0) is 24.2. The monoisotopic (exact) mass is 495 g/mol. The van der Waals surface area contributed by atoms with Crippen LogP contribution in [0.25, 0.3) is 0 Å². The fraction of sp³-hybridized carbons (Fsp3) is 0.962. The zero-order valence-corrected chi connectivity index (χ0v) is 22.9. The molecule has 200 valence electrons. The third-order valence-electron chi connectivity index (χ3n) is 6.53. The van der Waals surface area contributed by atoms with Gasteiger partial charge in [0.15, 0.2) is 6.04 Å². The topological polar surface area (TPSA) is 79.2 Å². The van der Waals surface area contributed by atoms with Gasteiger partial charge in [0.25, 0.3) is 0 Å². The molecule has 0 rings (SSSR count). The lowest BCUT2D eigenvalue weighted by atomic mass is 9.93. The number of ether oxygens (including phenoxy) is 1. The number of aliphatic hydroxyl groups is 1. The quantitative estimate of drug-likeness (QED) is 0.122. The van der Waals surface area contributed by atoms with Crippen LogP contribution in [-0.2, 0) is 14.4 Å². The molecular weight excluding hydrogens is 442 g/mol. The van der Waals surface area contributed by atoms with Gasteiger partial charge in [-0.3, -0.25) is 9.63 Å². The van der Waals surface area contributed by atoms with E-state index in [-0.39, 0.29) is 30.5 Å². The number of halogens is 1. The Morgan fingerprint density at radius 2 is 1.33 bits per heavy atom. The van der Waals surface area contributed by atoms with Gasteiger partial charge in [-0.25, -0.2) is 0 Å². The summed E-state index contributed by atoms with van der Waals surface area (Å²) < 4.78 is 5.40. The van der Waals surface area contributed by atoms with Crippen LogP contribution in [0.1, 0.15) is 117 Å². The standard InChI is InChI=1S/C26H53NO5.ClH/c1-6-7-8-9-10-11-12-13-14-15-16-17-18-19-25(22(2)20-23(3)31-5)32-27(4)24(21-28)26(29)30;/h22-25,28H,6-21H2,1-5H3,(H,29,30);1H. The maximum atomic E-state index is 11.3. The Balaban J connectivity index is 0. The molecule has 0 fully saturated rings. The second-order valence-electron chi connectivity index (χ2n) is 9.52. The maximum absolute atomic E-state index is 11.3. The first-order valence-electron chi connectivity index (χ1n) is 13.1. The first kappa shape index (κ1) is 34.8. The third kappa shape index (κ3) is 18.6. The second kappa shape index (κ2) is 23.3. The van der Waals surface area contributed by atoms with E-state index in [0.717, 1.165) is 19.3 Å². The normalized spacial score (nSPS) is 15.1. The van der Waals surface area contributed by atoms with Crippen molar-refractivity contribution in [1.29, 1.82) is 0 Å². The minimum atomic E-state index is -1.08. The molecule has 7 heteroatoms. The Morgan fingerprint density at radius 1 is 0.879 bits per heavy atom. The van der Waals surface area contributed by atoms with Crippen molar-refractivity contribution in [2.45, 2.75) is 135 Å². The molecule has 2 N–H and O–H groups in total. The number of likely N-dealkylation sites (N-methyl/N-ethyl adjacent to an activating group) is 1. The van der Waals surface area contributed by atoms with Gasteiger partial charge < -0.3 is 14.9 Å². The number of carboxylic acids is 1. The third-order valence-corrected chi connectivity index (χ3v) is 6.53. The van der Waals surface area contributed by atoms with Gasteiger partial charge in [-0.15, -0.1) is 12.4 Å². The molecule has 4 unspecified atom stereocenters. The summed E-state index contributed by atoms with van der Waals surface area (Å²) in [6.07, 6.45) is 18.9. The molecule has 0 bridgehead atoms. The van der Waals surface area contributed by atoms with Crippen molar-refractivity contribution in [3.63, 3.8) is 0 Å². The van der Waals surface area contributed by atoms with Crippen LogP contribution < -0.4 is 0 Å². The summed E-state index contributed by atoms with van der Waals surface area (Å²) in [5.74, 6) is -0.842. The van der Waals surface area contributed by atoms with Crippen LogP contribution in [0.5, 0.6) is 0 Å². The van der Waals surface area contributed by atoms with E-state index < -0.39 is 18.6 Å². The Kier molecular flexibility index (Phi) is 24.6. The molecule has 0 saturated carbocycles. The van der Waals surface area contributed by atoms with Crippen molar-refractivity contribution in [2.24, 2.45) is 5.92 Å². The average Bonchev–Trinajstić information content (AvgIpc) is 2.76. The van der Waals surface area contributed by atoms with Crippen LogP contribution in [0.4, 0.5) is 0 Å². The average molecular weight is 496 g/mol. The molecule has 4 atom stereocenters. The Bertz CT molecular complexity index is 441. The van der Waals surface area contributed by atoms with Crippen molar-refractivity contribution in [2.75, 3.05) is 20.8 Å². The van der Waals surface area contributed by atoms with Crippen LogP contribution >= 0.6 is 12.4 Å². The van der Waals surface area contributed by atoms with Crippen LogP contribution in [0.2, 0.25) is 0 Å². The minimum absolute atomic E-state index is 0. The highest BCUT2D eigenvalue weighted by Gasteiger charge is 2.28. The first-order valence-corrected chi connectivity index (χ1v) is 13.1. The predicted molar refractivity (Wildman–Crippen MR) is 139 cm³/mol. The number of carbonyl (C=O) groups is 1. The van der Waals surface area contributed by atoms with Crippen molar-refractivity contribution in [3.8, 4) is 0 Å². The van der Waals surface area contributed by atoms with Crippen molar-refractivity contribution in [3.05, 3.63) is 0 Å². The number of aliphatic hydroxyl groups excluding tert-OH is 1. The van der Waals surface area contributed by atoms with E-state index >= 15 is 0 Å². The smallest absolute Gasteiger partial charge is 0.325 e. The summed E-state index contributed by atoms with van der Waals surface area (Å²) in [6, 6.07) is -1.05. The van der Waals surface area contributed by atoms with Crippen molar-refractivity contribution >= 4 is 18.4 Å². The second-order valence-corrected chi connectivity index (χ2v) is 9.52. The van der Waals surface area contributed by atoms with Crippen molar-refractivity contribution < 1.29 is 24.6 Å². The highest BCUT2D eigenvalue weighted by Crippen LogP contribution is 2.23. The van der Waals surface area contributed by atoms with Crippen LogP contribution in [0.3, 0.4) is 0 Å². The van der Waals surface area contributed by atoms with E-state index in [1.54, 1.807) is 14.2 Å². The number of rotatable bonds is 23. The Hall–Kier alpha value is -0.400. The number of hydroxylamine groups is 2. The molecule has 0 aliphatic rings. The van der Waals surface area contributed by atoms with E-state index in [1.807, 2.05) is 6.92 Å². The van der Waals surface area contributed by atoms with Gasteiger partial charge in [0.05, 0.1) is 18.8 Å². The molecule has 6 nitrogen and oxygen atoms in total. The molecule has 0 aromatic carbocycles. The number of carboxylic acid groups (broad SMARTS) is 1. The fourth-order valence-electron chi connectivity index (χ4n) is 4.21. The summed E-state index contributed by atoms with van der Waals surface area (Å²) in [6.45, 7) is 5.96. The number of aliphatic carboxylic acids is 1. The van der Waals surface area contributed by atoms with Gasteiger partial charge in [-0.1, -0.05) is 97.3 Å². The molecule has 0 aromatic rings. The summed E-state index contributed by atoms with van der Waals surface area (Å²) >= 11 is 0. The fourth-order valence-corrected chi connectivity index (χ4v) is 4.21. The summed E-state index contributed by atoms with van der Waals surface area (Å²) in [5.41, 5.74) is 0. The lowest BCUT2D eigenvalue weighted by Crippen LogP contribution is -2.44. The Labute approximate surface area is 210 Å². The lowest BCUT2D eigenvalue weighted by Gasteiger charge is -2.32. The summed E-state index contributed by atoms with van der Waals surface area (Å²) in [5, 5.41) is 20.0. The molecule has 0 spiro atoms. The van der Waals surface area contributed by atoms with E-state index in [9.17, 15) is 15.0 Å². The van der Waals surface area contributed by atoms with Gasteiger partial charge in [0.2, 0.25) is 0 Å². The number of nitrogens with zero attached hydrogens (tertiary/aromatic N) is 1. The van der Waals surface area contributed by atoms with Crippen molar-refractivity contribution in [1.82, 2.24) is 5.06 Å². The molecule has 0 heterocycles. The van der Waals surface area contributed by atoms with Crippen LogP contribution in [-0.4, -0.2) is 60.3 Å². The number of unbranched alkanes of at least 4 members (excludes halogenated alkanes) is 12. The van der Waals surface area contributed by atoms with E-state index in [1.165, 1.54) is 82.1 Å². The minimum Gasteiger partial charge on any atom is -0.480 e. The molecular formula is C26H54ClNO5. The van der Waals surface area contributed by atoms with Gasteiger partial charge in [0.1, 0.15) is 0 Å². The van der Waals surface area contributed by atoms with Crippen LogP contribution in [0, 0.1) is 5.92 Å². The van der Waals surface area contributed by atoms with Gasteiger partial charge in [-0.05, 0) is 25.7 Å². The molecule has 0 aromatic heterocycles. The summed E-state index contributed by atoms with van der Waals surface area (Å²) in [7, 11) is 3.30. The Morgan fingerprint density at radius 3 is 1.73 bits per heavy atom. The molecule has 0 saturated heterocycles. The first-order chi connectivity index (χ1) is 15.4. The molecule has 0 amide bonds. The molecule has 0 aliphatic carbocycles. The SMILES string of the molecule is CCCCCCCCCCCCCCCC(ON(C)C(CO)C(=O)O)C(C)CC(C)OC.Cl. The lowest BCUT2D eigenvalue weighted by molar-refractivity contribution is -0.229. The summed E-state index contributed by atoms with van der Waals surface area (Å²) in [4.78, 5) is 17.3. The van der Waals surface area contributed by atoms with Gasteiger partial charge >= 0.3 is 5.97 Å². The number of hydrogen-bond acceptors (Lipinski definition) is 5. The van der Waals surface area contributed by atoms with Gasteiger partial charge in [-0.2, -0.15) is 5.06 Å². The zero-order valence-electron chi connectivity index (χ0n) is 22.1. The molecule has 0 radical (unpaired) electrons. The van der Waals surface area contributed by atoms with E-state index in [4.69, 9.17) is 9.57 Å². The van der Waals surface area contributed by atoms with Gasteiger partial charge in [0, 0.05) is 14.2 Å². The van der Waals surface area contributed by atoms with E-state index in [0.29, 0.717) is 0 Å². The molecule has 33 heavy (non-hydrogen) atoms.